The molecular formula is C17H32IN3O2. The molecule has 0 aromatic rings. The van der Waals surface area contributed by atoms with Crippen molar-refractivity contribution in [2.75, 3.05) is 32.9 Å². The molecule has 0 radical (unpaired) electrons. The van der Waals surface area contributed by atoms with E-state index in [1.165, 1.54) is 25.7 Å². The fourth-order valence-electron chi connectivity index (χ4n) is 4.43. The zero-order chi connectivity index (χ0) is 15.4. The first-order valence-electron chi connectivity index (χ1n) is 9.06. The van der Waals surface area contributed by atoms with Crippen LogP contribution in [0.3, 0.4) is 0 Å². The Morgan fingerprint density at radius 1 is 1.35 bits per heavy atom. The molecule has 3 atom stereocenters. The molecule has 3 unspecified atom stereocenters. The molecule has 5 nitrogen and oxygen atoms in total. The van der Waals surface area contributed by atoms with Gasteiger partial charge in [-0.05, 0) is 39.5 Å². The van der Waals surface area contributed by atoms with Gasteiger partial charge in [-0.25, -0.2) is 0 Å². The number of hydrogen-bond acceptors (Lipinski definition) is 3. The minimum atomic E-state index is 0. The van der Waals surface area contributed by atoms with Crippen LogP contribution in [0, 0.1) is 11.3 Å². The van der Waals surface area contributed by atoms with Crippen molar-refractivity contribution < 1.29 is 9.47 Å². The molecule has 1 aliphatic heterocycles. The molecule has 1 heterocycles. The van der Waals surface area contributed by atoms with Gasteiger partial charge in [0, 0.05) is 50.3 Å². The zero-order valence-electron chi connectivity index (χ0n) is 14.5. The predicted octanol–water partition coefficient (Wildman–Crippen LogP) is 2.54. The molecule has 134 valence electrons. The fourth-order valence-corrected chi connectivity index (χ4v) is 4.43. The quantitative estimate of drug-likeness (QED) is 0.278. The summed E-state index contributed by atoms with van der Waals surface area (Å²) in [4.78, 5) is 4.72. The van der Waals surface area contributed by atoms with Gasteiger partial charge in [0.1, 0.15) is 0 Å². The number of nitrogens with zero attached hydrogens (tertiary/aromatic N) is 1. The van der Waals surface area contributed by atoms with Crippen LogP contribution in [-0.4, -0.2) is 51.0 Å². The normalized spacial score (nSPS) is 30.9. The zero-order valence-corrected chi connectivity index (χ0v) is 16.8. The SMILES string of the molecule is CCNC(=NCCCOCC)NC1C2CCOC2C12CCC2.I. The van der Waals surface area contributed by atoms with Crippen molar-refractivity contribution >= 4 is 29.9 Å². The number of guanidine groups is 1. The van der Waals surface area contributed by atoms with Gasteiger partial charge in [-0.3, -0.25) is 4.99 Å². The second-order valence-corrected chi connectivity index (χ2v) is 6.76. The molecule has 0 aromatic heterocycles. The molecule has 0 bridgehead atoms. The van der Waals surface area contributed by atoms with E-state index in [2.05, 4.69) is 17.6 Å². The number of hydrogen-bond donors (Lipinski definition) is 2. The van der Waals surface area contributed by atoms with Crippen molar-refractivity contribution in [1.82, 2.24) is 10.6 Å². The van der Waals surface area contributed by atoms with Crippen LogP contribution in [0.1, 0.15) is 46.0 Å². The molecule has 2 aliphatic carbocycles. The number of ether oxygens (including phenoxy) is 2. The highest BCUT2D eigenvalue weighted by Gasteiger charge is 2.66. The van der Waals surface area contributed by atoms with Crippen LogP contribution in [0.4, 0.5) is 0 Å². The standard InChI is InChI=1S/C17H31N3O2.HI/c1-3-18-16(19-10-6-11-21-4-2)20-14-13-7-12-22-15(13)17(14)8-5-9-17;/h13-15H,3-12H2,1-2H3,(H2,18,19,20);1H. The second kappa shape index (κ2) is 8.85. The van der Waals surface area contributed by atoms with E-state index in [4.69, 9.17) is 14.5 Å². The van der Waals surface area contributed by atoms with E-state index in [0.717, 1.165) is 45.3 Å². The summed E-state index contributed by atoms with van der Waals surface area (Å²) in [5.74, 6) is 1.66. The Labute approximate surface area is 157 Å². The predicted molar refractivity (Wildman–Crippen MR) is 104 cm³/mol. The van der Waals surface area contributed by atoms with Crippen molar-refractivity contribution in [2.45, 2.75) is 58.1 Å². The molecular weight excluding hydrogens is 405 g/mol. The lowest BCUT2D eigenvalue weighted by Gasteiger charge is -2.63. The van der Waals surface area contributed by atoms with Crippen LogP contribution in [-0.2, 0) is 9.47 Å². The third-order valence-corrected chi connectivity index (χ3v) is 5.59. The molecule has 3 rings (SSSR count). The van der Waals surface area contributed by atoms with E-state index in [1.54, 1.807) is 0 Å². The maximum atomic E-state index is 5.99. The van der Waals surface area contributed by atoms with Crippen molar-refractivity contribution in [2.24, 2.45) is 16.3 Å². The summed E-state index contributed by atoms with van der Waals surface area (Å²) in [5, 5.41) is 7.12. The van der Waals surface area contributed by atoms with Crippen molar-refractivity contribution in [3.8, 4) is 0 Å². The Kier molecular flexibility index (Phi) is 7.41. The number of nitrogens with one attached hydrogen (secondary N) is 2. The van der Waals surface area contributed by atoms with Gasteiger partial charge in [0.15, 0.2) is 5.96 Å². The van der Waals surface area contributed by atoms with E-state index in [-0.39, 0.29) is 24.0 Å². The minimum Gasteiger partial charge on any atom is -0.382 e. The van der Waals surface area contributed by atoms with Gasteiger partial charge < -0.3 is 20.1 Å². The highest BCUT2D eigenvalue weighted by Crippen LogP contribution is 2.62. The van der Waals surface area contributed by atoms with Gasteiger partial charge in [0.2, 0.25) is 0 Å². The highest BCUT2D eigenvalue weighted by atomic mass is 127. The molecule has 23 heavy (non-hydrogen) atoms. The molecule has 2 saturated carbocycles. The topological polar surface area (TPSA) is 54.9 Å². The molecule has 2 N–H and O–H groups in total. The van der Waals surface area contributed by atoms with E-state index in [9.17, 15) is 0 Å². The maximum absolute atomic E-state index is 5.99. The van der Waals surface area contributed by atoms with Crippen LogP contribution in [0.2, 0.25) is 0 Å². The van der Waals surface area contributed by atoms with Gasteiger partial charge in [-0.2, -0.15) is 0 Å². The third-order valence-electron chi connectivity index (χ3n) is 5.59. The monoisotopic (exact) mass is 437 g/mol. The molecule has 0 amide bonds. The average molecular weight is 437 g/mol. The van der Waals surface area contributed by atoms with Crippen LogP contribution in [0.5, 0.6) is 0 Å². The van der Waals surface area contributed by atoms with Gasteiger partial charge in [0.25, 0.3) is 0 Å². The summed E-state index contributed by atoms with van der Waals surface area (Å²) in [6.45, 7) is 8.40. The summed E-state index contributed by atoms with van der Waals surface area (Å²) < 4.78 is 11.4. The van der Waals surface area contributed by atoms with Crippen LogP contribution >= 0.6 is 24.0 Å². The first kappa shape index (κ1) is 19.2. The van der Waals surface area contributed by atoms with Crippen LogP contribution < -0.4 is 10.6 Å². The lowest BCUT2D eigenvalue weighted by atomic mass is 9.46. The Morgan fingerprint density at radius 2 is 2.17 bits per heavy atom. The largest absolute Gasteiger partial charge is 0.382 e. The number of aliphatic imine (C=N–C) groups is 1. The lowest BCUT2D eigenvalue weighted by Crippen LogP contribution is -2.72. The van der Waals surface area contributed by atoms with Gasteiger partial charge >= 0.3 is 0 Å². The summed E-state index contributed by atoms with van der Waals surface area (Å²) in [6, 6.07) is 0.554. The molecule has 1 spiro atoms. The van der Waals surface area contributed by atoms with Gasteiger partial charge in [-0.15, -0.1) is 24.0 Å². The maximum Gasteiger partial charge on any atom is 0.191 e. The summed E-state index contributed by atoms with van der Waals surface area (Å²) in [5.41, 5.74) is 0.405. The summed E-state index contributed by atoms with van der Waals surface area (Å²) in [6.07, 6.45) is 6.68. The smallest absolute Gasteiger partial charge is 0.191 e. The molecule has 0 aromatic carbocycles. The second-order valence-electron chi connectivity index (χ2n) is 6.76. The number of rotatable bonds is 7. The van der Waals surface area contributed by atoms with E-state index >= 15 is 0 Å². The Bertz CT molecular complexity index is 401. The van der Waals surface area contributed by atoms with Crippen LogP contribution in [0.15, 0.2) is 4.99 Å². The number of fused-ring (bicyclic) bond motifs is 2. The first-order valence-corrected chi connectivity index (χ1v) is 9.06. The Balaban J connectivity index is 0.00000192. The Hall–Kier alpha value is -0.0800. The molecule has 1 saturated heterocycles. The average Bonchev–Trinajstić information content (AvgIpc) is 2.88. The van der Waals surface area contributed by atoms with E-state index in [0.29, 0.717) is 23.5 Å². The molecule has 3 fully saturated rings. The molecule has 3 aliphatic rings. The highest BCUT2D eigenvalue weighted by molar-refractivity contribution is 14.0. The lowest BCUT2D eigenvalue weighted by molar-refractivity contribution is -0.171. The van der Waals surface area contributed by atoms with Crippen molar-refractivity contribution in [3.63, 3.8) is 0 Å². The van der Waals surface area contributed by atoms with E-state index < -0.39 is 0 Å². The number of halogens is 1. The van der Waals surface area contributed by atoms with Gasteiger partial charge in [-0.1, -0.05) is 6.42 Å². The fraction of sp³-hybridized carbons (Fsp3) is 0.941. The minimum absolute atomic E-state index is 0. The molecule has 6 heteroatoms. The summed E-state index contributed by atoms with van der Waals surface area (Å²) >= 11 is 0. The Morgan fingerprint density at radius 3 is 2.83 bits per heavy atom. The van der Waals surface area contributed by atoms with E-state index in [1.807, 2.05) is 6.92 Å². The van der Waals surface area contributed by atoms with Crippen molar-refractivity contribution in [3.05, 3.63) is 0 Å². The summed E-state index contributed by atoms with van der Waals surface area (Å²) in [7, 11) is 0. The van der Waals surface area contributed by atoms with Crippen molar-refractivity contribution in [1.29, 1.82) is 0 Å². The first-order chi connectivity index (χ1) is 10.8. The third kappa shape index (κ3) is 3.79. The van der Waals surface area contributed by atoms with Crippen LogP contribution in [0.25, 0.3) is 0 Å². The van der Waals surface area contributed by atoms with Gasteiger partial charge in [0.05, 0.1) is 6.10 Å².